The molecule has 2 heterocycles. The van der Waals surface area contributed by atoms with Crippen LogP contribution in [0.1, 0.15) is 6.42 Å². The highest BCUT2D eigenvalue weighted by atomic mass is 35.5. The molecule has 0 saturated carbocycles. The van der Waals surface area contributed by atoms with Gasteiger partial charge in [0.2, 0.25) is 5.91 Å². The molecule has 0 unspecified atom stereocenters. The molecule has 1 amide bonds. The van der Waals surface area contributed by atoms with Crippen LogP contribution < -0.4 is 15.4 Å². The first kappa shape index (κ1) is 24.8. The lowest BCUT2D eigenvalue weighted by atomic mass is 10.1. The molecule has 184 valence electrons. The molecule has 1 aliphatic heterocycles. The molecule has 0 aliphatic carbocycles. The molecule has 0 bridgehead atoms. The maximum atomic E-state index is 13.6. The van der Waals surface area contributed by atoms with Gasteiger partial charge >= 0.3 is 0 Å². The minimum Gasteiger partial charge on any atom is -0.633 e. The van der Waals surface area contributed by atoms with Crippen LogP contribution in [0.2, 0.25) is 5.02 Å². The average Bonchev–Trinajstić information content (AvgIpc) is 3.29. The van der Waals surface area contributed by atoms with E-state index in [-0.39, 0.29) is 17.7 Å². The first-order chi connectivity index (χ1) is 16.7. The Morgan fingerprint density at radius 3 is 2.89 bits per heavy atom. The summed E-state index contributed by atoms with van der Waals surface area (Å²) < 4.78 is 24.5. The standard InChI is InChI=1S/C24H25ClFN5O4/c1-31(2,33)8-3-4-23(32)30-21-11-17-20(12-22(21)35-16-7-9-34-13-16)27-14-28-24(17)29-15-5-6-19(26)18(25)10-15/h3-6,10-12,14,16H,7-9,13H2,1-2H3,(H,30,32)(H,27,28,29)/t16-/m0/s1. The van der Waals surface area contributed by atoms with E-state index in [1.165, 1.54) is 50.8 Å². The van der Waals surface area contributed by atoms with Crippen LogP contribution >= 0.6 is 11.6 Å². The summed E-state index contributed by atoms with van der Waals surface area (Å²) in [6.07, 6.45) is 4.79. The number of benzene rings is 2. The second-order valence-electron chi connectivity index (χ2n) is 8.59. The Morgan fingerprint density at radius 2 is 2.17 bits per heavy atom. The number of nitrogens with one attached hydrogen (secondary N) is 2. The Hall–Kier alpha value is -3.31. The topological polar surface area (TPSA) is 108 Å². The van der Waals surface area contributed by atoms with E-state index in [1.807, 2.05) is 0 Å². The van der Waals surface area contributed by atoms with Crippen molar-refractivity contribution in [2.45, 2.75) is 12.5 Å². The number of fused-ring (bicyclic) bond motifs is 1. The van der Waals surface area contributed by atoms with E-state index in [4.69, 9.17) is 21.1 Å². The Bertz CT molecular complexity index is 1260. The normalized spacial score (nSPS) is 16.1. The van der Waals surface area contributed by atoms with E-state index in [0.29, 0.717) is 47.1 Å². The van der Waals surface area contributed by atoms with E-state index >= 15 is 0 Å². The predicted molar refractivity (Wildman–Crippen MR) is 132 cm³/mol. The van der Waals surface area contributed by atoms with Gasteiger partial charge < -0.3 is 30.0 Å². The predicted octanol–water partition coefficient (Wildman–Crippen LogP) is 4.40. The van der Waals surface area contributed by atoms with Crippen molar-refractivity contribution in [1.29, 1.82) is 0 Å². The zero-order valence-corrected chi connectivity index (χ0v) is 20.0. The van der Waals surface area contributed by atoms with Crippen molar-refractivity contribution in [1.82, 2.24) is 9.97 Å². The van der Waals surface area contributed by atoms with E-state index in [1.54, 1.807) is 12.1 Å². The van der Waals surface area contributed by atoms with Gasteiger partial charge in [0.1, 0.15) is 29.8 Å². The summed E-state index contributed by atoms with van der Waals surface area (Å²) in [4.78, 5) is 21.2. The molecule has 1 aromatic heterocycles. The van der Waals surface area contributed by atoms with E-state index in [0.717, 1.165) is 6.42 Å². The number of halogens is 2. The van der Waals surface area contributed by atoms with Crippen LogP contribution in [0.25, 0.3) is 10.9 Å². The van der Waals surface area contributed by atoms with Crippen molar-refractivity contribution >= 4 is 45.6 Å². The molecule has 4 rings (SSSR count). The van der Waals surface area contributed by atoms with Gasteiger partial charge in [0, 0.05) is 29.6 Å². The van der Waals surface area contributed by atoms with E-state index in [9.17, 15) is 14.4 Å². The van der Waals surface area contributed by atoms with Gasteiger partial charge in [-0.15, -0.1) is 0 Å². The van der Waals surface area contributed by atoms with Crippen molar-refractivity contribution in [3.8, 4) is 5.75 Å². The lowest BCUT2D eigenvalue weighted by molar-refractivity contribution is -0.833. The molecule has 2 aromatic carbocycles. The number of hydrogen-bond acceptors (Lipinski definition) is 7. The lowest BCUT2D eigenvalue weighted by Gasteiger charge is -2.32. The van der Waals surface area contributed by atoms with Crippen LogP contribution in [0.5, 0.6) is 5.75 Å². The fraction of sp³-hybridized carbons (Fsp3) is 0.292. The highest BCUT2D eigenvalue weighted by Gasteiger charge is 2.21. The maximum Gasteiger partial charge on any atom is 0.248 e. The van der Waals surface area contributed by atoms with Crippen molar-refractivity contribution in [2.24, 2.45) is 0 Å². The number of nitrogens with zero attached hydrogens (tertiary/aromatic N) is 3. The van der Waals surface area contributed by atoms with Crippen LogP contribution in [-0.4, -0.2) is 60.5 Å². The number of carbonyl (C=O) groups is 1. The monoisotopic (exact) mass is 501 g/mol. The number of quaternary nitrogens is 1. The van der Waals surface area contributed by atoms with Crippen molar-refractivity contribution in [2.75, 3.05) is 44.5 Å². The van der Waals surface area contributed by atoms with Crippen LogP contribution in [0.15, 0.2) is 48.8 Å². The van der Waals surface area contributed by atoms with Gasteiger partial charge in [0.25, 0.3) is 0 Å². The Morgan fingerprint density at radius 1 is 1.34 bits per heavy atom. The molecule has 9 nitrogen and oxygen atoms in total. The second-order valence-corrected chi connectivity index (χ2v) is 9.00. The summed E-state index contributed by atoms with van der Waals surface area (Å²) in [5.41, 5.74) is 1.51. The third kappa shape index (κ3) is 6.64. The molecular weight excluding hydrogens is 477 g/mol. The smallest absolute Gasteiger partial charge is 0.248 e. The number of hydroxylamine groups is 3. The van der Waals surface area contributed by atoms with Crippen LogP contribution in [0.4, 0.5) is 21.6 Å². The Kier molecular flexibility index (Phi) is 7.46. The minimum absolute atomic E-state index is 0.0255. The van der Waals surface area contributed by atoms with Gasteiger partial charge in [0.15, 0.2) is 0 Å². The highest BCUT2D eigenvalue weighted by molar-refractivity contribution is 6.31. The van der Waals surface area contributed by atoms with Gasteiger partial charge in [-0.2, -0.15) is 0 Å². The first-order valence-electron chi connectivity index (χ1n) is 10.9. The van der Waals surface area contributed by atoms with Crippen LogP contribution in [0.3, 0.4) is 0 Å². The summed E-state index contributed by atoms with van der Waals surface area (Å²) in [6, 6.07) is 7.66. The molecule has 1 aliphatic rings. The fourth-order valence-electron chi connectivity index (χ4n) is 3.46. The number of hydrogen-bond donors (Lipinski definition) is 2. The molecule has 0 radical (unpaired) electrons. The van der Waals surface area contributed by atoms with E-state index < -0.39 is 16.4 Å². The van der Waals surface area contributed by atoms with Gasteiger partial charge in [-0.1, -0.05) is 11.6 Å². The molecular formula is C24H25ClFN5O4. The van der Waals surface area contributed by atoms with Crippen LogP contribution in [0, 0.1) is 11.0 Å². The number of ether oxygens (including phenoxy) is 2. The molecule has 1 saturated heterocycles. The summed E-state index contributed by atoms with van der Waals surface area (Å²) in [6.45, 7) is 1.20. The second kappa shape index (κ2) is 10.5. The molecule has 1 fully saturated rings. The SMILES string of the molecule is C[N+](C)([O-])CC=CC(=O)Nc1cc2c(Nc3ccc(F)c(Cl)c3)ncnc2cc1O[C@H]1CCOC1. The number of likely N-dealkylation sites (N-methyl/N-ethyl adjacent to an activating group) is 1. The zero-order valence-electron chi connectivity index (χ0n) is 19.3. The number of rotatable bonds is 8. The van der Waals surface area contributed by atoms with Crippen molar-refractivity contribution in [3.05, 3.63) is 64.9 Å². The first-order valence-corrected chi connectivity index (χ1v) is 11.3. The Labute approximate surface area is 206 Å². The molecule has 2 N–H and O–H groups in total. The lowest BCUT2D eigenvalue weighted by Crippen LogP contribution is -2.32. The Balaban J connectivity index is 1.67. The number of aromatic nitrogens is 2. The fourth-order valence-corrected chi connectivity index (χ4v) is 3.64. The molecule has 1 atom stereocenters. The molecule has 35 heavy (non-hydrogen) atoms. The molecule has 11 heteroatoms. The highest BCUT2D eigenvalue weighted by Crippen LogP contribution is 2.35. The summed E-state index contributed by atoms with van der Waals surface area (Å²) >= 11 is 5.90. The summed E-state index contributed by atoms with van der Waals surface area (Å²) in [7, 11) is 2.98. The maximum absolute atomic E-state index is 13.6. The number of amides is 1. The van der Waals surface area contributed by atoms with Crippen LogP contribution in [-0.2, 0) is 9.53 Å². The number of carbonyl (C=O) groups excluding carboxylic acids is 1. The van der Waals surface area contributed by atoms with Gasteiger partial charge in [-0.25, -0.2) is 14.4 Å². The largest absolute Gasteiger partial charge is 0.633 e. The number of anilines is 3. The third-order valence-corrected chi connectivity index (χ3v) is 5.46. The third-order valence-electron chi connectivity index (χ3n) is 5.17. The van der Waals surface area contributed by atoms with Gasteiger partial charge in [0.05, 0.1) is 50.1 Å². The quantitative estimate of drug-likeness (QED) is 0.267. The van der Waals surface area contributed by atoms with E-state index in [2.05, 4.69) is 20.6 Å². The van der Waals surface area contributed by atoms with Gasteiger partial charge in [-0.3, -0.25) is 4.79 Å². The molecule has 3 aromatic rings. The summed E-state index contributed by atoms with van der Waals surface area (Å²) in [5.74, 6) is -0.0734. The van der Waals surface area contributed by atoms with Crippen molar-refractivity contribution in [3.63, 3.8) is 0 Å². The van der Waals surface area contributed by atoms with Gasteiger partial charge in [-0.05, 0) is 30.3 Å². The average molecular weight is 502 g/mol. The summed E-state index contributed by atoms with van der Waals surface area (Å²) in [5, 5.41) is 18.2. The minimum atomic E-state index is -0.546. The molecule has 0 spiro atoms. The van der Waals surface area contributed by atoms with Crippen molar-refractivity contribution < 1.29 is 23.3 Å². The zero-order chi connectivity index (χ0) is 25.0.